The van der Waals surface area contributed by atoms with Crippen LogP contribution in [-0.4, -0.2) is 21.9 Å². The molecule has 0 atom stereocenters. The van der Waals surface area contributed by atoms with Crippen LogP contribution in [0.15, 0.2) is 42.5 Å². The predicted octanol–water partition coefficient (Wildman–Crippen LogP) is 6.12. The Hall–Kier alpha value is -2.88. The lowest BCUT2D eigenvalue weighted by molar-refractivity contribution is -0.141. The molecule has 3 aromatic rings. The maximum atomic E-state index is 13.1. The van der Waals surface area contributed by atoms with Crippen LogP contribution < -0.4 is 4.90 Å². The monoisotopic (exact) mass is 463 g/mol. The molecule has 4 nitrogen and oxygen atoms in total. The van der Waals surface area contributed by atoms with Gasteiger partial charge in [0.05, 0.1) is 16.3 Å². The van der Waals surface area contributed by atoms with Crippen molar-refractivity contribution in [3.63, 3.8) is 0 Å². The van der Waals surface area contributed by atoms with Crippen LogP contribution in [0.2, 0.25) is 5.02 Å². The van der Waals surface area contributed by atoms with E-state index in [0.29, 0.717) is 5.56 Å². The van der Waals surface area contributed by atoms with Gasteiger partial charge in [-0.3, -0.25) is 4.68 Å². The van der Waals surface area contributed by atoms with E-state index in [4.69, 9.17) is 11.6 Å². The Balaban J connectivity index is 1.85. The van der Waals surface area contributed by atoms with Crippen LogP contribution in [0.3, 0.4) is 0 Å². The van der Waals surface area contributed by atoms with Crippen molar-refractivity contribution in [2.24, 2.45) is 7.05 Å². The second-order valence-electron chi connectivity index (χ2n) is 6.91. The summed E-state index contributed by atoms with van der Waals surface area (Å²) in [6.07, 6.45) is -9.23. The first-order valence-electron chi connectivity index (χ1n) is 8.78. The average molecular weight is 464 g/mol. The summed E-state index contributed by atoms with van der Waals surface area (Å²) in [7, 11) is 2.88. The fourth-order valence-electron chi connectivity index (χ4n) is 3.08. The van der Waals surface area contributed by atoms with Crippen molar-refractivity contribution in [1.29, 1.82) is 0 Å². The highest BCUT2D eigenvalue weighted by molar-refractivity contribution is 6.31. The average Bonchev–Trinajstić information content (AvgIpc) is 3.03. The molecule has 2 aromatic carbocycles. The van der Waals surface area contributed by atoms with E-state index in [9.17, 15) is 31.4 Å². The Bertz CT molecular complexity index is 1110. The van der Waals surface area contributed by atoms with Gasteiger partial charge in [-0.1, -0.05) is 17.7 Å². The van der Waals surface area contributed by atoms with Crippen molar-refractivity contribution in [2.45, 2.75) is 18.9 Å². The van der Waals surface area contributed by atoms with E-state index < -0.39 is 28.6 Å². The number of alkyl halides is 6. The van der Waals surface area contributed by atoms with Crippen molar-refractivity contribution in [2.75, 3.05) is 11.9 Å². The smallest absolute Gasteiger partial charge is 0.435 e. The molecule has 0 aliphatic heterocycles. The van der Waals surface area contributed by atoms with Crippen molar-refractivity contribution in [1.82, 2.24) is 9.78 Å². The summed E-state index contributed by atoms with van der Waals surface area (Å²) in [5, 5.41) is 13.3. The van der Waals surface area contributed by atoms with Gasteiger partial charge in [0.15, 0.2) is 5.69 Å². The molecule has 0 aliphatic carbocycles. The molecule has 0 spiro atoms. The maximum Gasteiger partial charge on any atom is 0.435 e. The number of rotatable bonds is 4. The SMILES string of the molecule is CN(Cc1ccc(-c2cc(C(F)(F)F)nn2C)c(O)c1)c1ccc(Cl)c(C(F)(F)F)c1. The first-order valence-corrected chi connectivity index (χ1v) is 9.16. The van der Waals surface area contributed by atoms with Gasteiger partial charge >= 0.3 is 12.4 Å². The molecule has 0 amide bonds. The van der Waals surface area contributed by atoms with Crippen molar-refractivity contribution in [3.8, 4) is 17.0 Å². The molecule has 0 bridgehead atoms. The molecule has 11 heteroatoms. The van der Waals surface area contributed by atoms with E-state index in [1.807, 2.05) is 0 Å². The fourth-order valence-corrected chi connectivity index (χ4v) is 3.31. The lowest BCUT2D eigenvalue weighted by Crippen LogP contribution is -2.17. The van der Waals surface area contributed by atoms with Crippen molar-refractivity contribution < 1.29 is 31.4 Å². The number of aromatic nitrogens is 2. The molecule has 0 aliphatic rings. The minimum Gasteiger partial charge on any atom is -0.507 e. The van der Waals surface area contributed by atoms with Crippen LogP contribution >= 0.6 is 11.6 Å². The first-order chi connectivity index (χ1) is 14.3. The number of phenols is 1. The Morgan fingerprint density at radius 1 is 1.00 bits per heavy atom. The highest BCUT2D eigenvalue weighted by atomic mass is 35.5. The van der Waals surface area contributed by atoms with E-state index in [1.54, 1.807) is 13.1 Å². The third kappa shape index (κ3) is 4.90. The highest BCUT2D eigenvalue weighted by Gasteiger charge is 2.35. The van der Waals surface area contributed by atoms with E-state index in [2.05, 4.69) is 5.10 Å². The number of nitrogens with zero attached hydrogens (tertiary/aromatic N) is 3. The molecular formula is C20H16ClF6N3O. The van der Waals surface area contributed by atoms with Crippen LogP contribution in [0.25, 0.3) is 11.3 Å². The summed E-state index contributed by atoms with van der Waals surface area (Å²) < 4.78 is 78.8. The second kappa shape index (κ2) is 7.99. The number of aryl methyl sites for hydroxylation is 1. The van der Waals surface area contributed by atoms with Crippen LogP contribution in [0.4, 0.5) is 32.0 Å². The fraction of sp³-hybridized carbons (Fsp3) is 0.250. The largest absolute Gasteiger partial charge is 0.507 e. The third-order valence-electron chi connectivity index (χ3n) is 4.62. The predicted molar refractivity (Wildman–Crippen MR) is 104 cm³/mol. The summed E-state index contributed by atoms with van der Waals surface area (Å²) >= 11 is 5.64. The van der Waals surface area contributed by atoms with Gasteiger partial charge in [0.2, 0.25) is 0 Å². The summed E-state index contributed by atoms with van der Waals surface area (Å²) in [6, 6.07) is 8.66. The Morgan fingerprint density at radius 3 is 2.23 bits per heavy atom. The zero-order valence-electron chi connectivity index (χ0n) is 16.2. The Morgan fingerprint density at radius 2 is 1.68 bits per heavy atom. The van der Waals surface area contributed by atoms with E-state index in [-0.39, 0.29) is 29.2 Å². The highest BCUT2D eigenvalue weighted by Crippen LogP contribution is 2.38. The molecule has 0 saturated heterocycles. The summed E-state index contributed by atoms with van der Waals surface area (Å²) in [4.78, 5) is 1.52. The molecule has 0 fully saturated rings. The van der Waals surface area contributed by atoms with Crippen LogP contribution in [0.5, 0.6) is 5.75 Å². The molecule has 1 aromatic heterocycles. The van der Waals surface area contributed by atoms with Gasteiger partial charge in [0.25, 0.3) is 0 Å². The topological polar surface area (TPSA) is 41.3 Å². The Labute approximate surface area is 178 Å². The molecule has 166 valence electrons. The zero-order valence-corrected chi connectivity index (χ0v) is 16.9. The molecule has 0 radical (unpaired) electrons. The van der Waals surface area contributed by atoms with Crippen LogP contribution in [0.1, 0.15) is 16.8 Å². The molecule has 31 heavy (non-hydrogen) atoms. The Kier molecular flexibility index (Phi) is 5.88. The van der Waals surface area contributed by atoms with Gasteiger partial charge in [-0.25, -0.2) is 0 Å². The quantitative estimate of drug-likeness (QED) is 0.474. The summed E-state index contributed by atoms with van der Waals surface area (Å²) in [5.41, 5.74) is -1.06. The lowest BCUT2D eigenvalue weighted by atomic mass is 10.1. The van der Waals surface area contributed by atoms with E-state index in [0.717, 1.165) is 22.9 Å². The molecule has 1 heterocycles. The lowest BCUT2D eigenvalue weighted by Gasteiger charge is -2.21. The minimum atomic E-state index is -4.62. The number of phenolic OH excluding ortho intramolecular Hbond substituents is 1. The molecule has 0 saturated carbocycles. The minimum absolute atomic E-state index is 0.0669. The number of aromatic hydroxyl groups is 1. The molecule has 1 N–H and O–H groups in total. The van der Waals surface area contributed by atoms with Gasteiger partial charge in [0.1, 0.15) is 5.75 Å². The third-order valence-corrected chi connectivity index (χ3v) is 4.95. The van der Waals surface area contributed by atoms with Gasteiger partial charge in [-0.15, -0.1) is 0 Å². The molecule has 3 rings (SSSR count). The van der Waals surface area contributed by atoms with Gasteiger partial charge in [-0.2, -0.15) is 31.4 Å². The molecular weight excluding hydrogens is 448 g/mol. The second-order valence-corrected chi connectivity index (χ2v) is 7.31. The van der Waals surface area contributed by atoms with Crippen molar-refractivity contribution in [3.05, 3.63) is 64.3 Å². The summed E-state index contributed by atoms with van der Waals surface area (Å²) in [5.74, 6) is -0.283. The van der Waals surface area contributed by atoms with Crippen LogP contribution in [0, 0.1) is 0 Å². The van der Waals surface area contributed by atoms with Gasteiger partial charge in [0, 0.05) is 31.9 Å². The maximum absolute atomic E-state index is 13.1. The van der Waals surface area contributed by atoms with Crippen LogP contribution in [-0.2, 0) is 25.9 Å². The number of halogens is 7. The number of benzene rings is 2. The van der Waals surface area contributed by atoms with E-state index >= 15 is 0 Å². The number of anilines is 1. The summed E-state index contributed by atoms with van der Waals surface area (Å²) in [6.45, 7) is 0.131. The number of hydrogen-bond acceptors (Lipinski definition) is 3. The number of hydrogen-bond donors (Lipinski definition) is 1. The van der Waals surface area contributed by atoms with Crippen molar-refractivity contribution >= 4 is 17.3 Å². The first kappa shape index (κ1) is 22.8. The van der Waals surface area contributed by atoms with Gasteiger partial charge < -0.3 is 10.0 Å². The molecule has 0 unspecified atom stereocenters. The van der Waals surface area contributed by atoms with Gasteiger partial charge in [-0.05, 0) is 42.0 Å². The van der Waals surface area contributed by atoms with E-state index in [1.165, 1.54) is 30.1 Å². The normalized spacial score (nSPS) is 12.3. The zero-order chi connectivity index (χ0) is 23.1. The standard InChI is InChI=1S/C20H16ClF6N3O/c1-29(12-4-6-15(21)14(8-12)19(22,23)24)10-11-3-5-13(17(31)7-11)16-9-18(20(25,26)27)28-30(16)2/h3-9,31H,10H2,1-2H3.